The average molecular weight is 287 g/mol. The molecule has 3 heterocycles. The molecule has 3 aromatic rings. The van der Waals surface area contributed by atoms with E-state index in [9.17, 15) is 9.18 Å². The van der Waals surface area contributed by atoms with Gasteiger partial charge < -0.3 is 4.90 Å². The Bertz CT molecular complexity index is 793. The van der Waals surface area contributed by atoms with Gasteiger partial charge in [-0.3, -0.25) is 14.3 Å². The molecular weight excluding hydrogens is 273 g/mol. The monoisotopic (exact) mass is 287 g/mol. The van der Waals surface area contributed by atoms with Crippen molar-refractivity contribution in [2.24, 2.45) is 0 Å². The van der Waals surface area contributed by atoms with Gasteiger partial charge in [-0.25, -0.2) is 4.98 Å². The minimum atomic E-state index is -0.635. The number of fused-ring (bicyclic) bond motifs is 1. The molecule has 0 aliphatic heterocycles. The van der Waals surface area contributed by atoms with Crippen LogP contribution >= 0.6 is 0 Å². The molecule has 7 heteroatoms. The molecule has 21 heavy (non-hydrogen) atoms. The molecule has 3 rings (SSSR count). The molecule has 1 amide bonds. The summed E-state index contributed by atoms with van der Waals surface area (Å²) in [4.78, 5) is 17.8. The first-order valence-electron chi connectivity index (χ1n) is 6.45. The number of aromatic nitrogens is 4. The summed E-state index contributed by atoms with van der Waals surface area (Å²) in [5.41, 5.74) is 1.70. The van der Waals surface area contributed by atoms with Crippen LogP contribution in [0.15, 0.2) is 30.5 Å². The smallest absolute Gasteiger partial charge is 0.277 e. The molecule has 0 spiro atoms. The van der Waals surface area contributed by atoms with Crippen LogP contribution in [0.25, 0.3) is 5.65 Å². The Morgan fingerprint density at radius 2 is 2.24 bits per heavy atom. The zero-order valence-electron chi connectivity index (χ0n) is 11.7. The van der Waals surface area contributed by atoms with E-state index in [1.54, 1.807) is 44.4 Å². The van der Waals surface area contributed by atoms with Crippen molar-refractivity contribution in [1.82, 2.24) is 24.5 Å². The van der Waals surface area contributed by atoms with E-state index in [2.05, 4.69) is 15.2 Å². The van der Waals surface area contributed by atoms with E-state index in [-0.39, 0.29) is 5.69 Å². The van der Waals surface area contributed by atoms with E-state index in [1.807, 2.05) is 0 Å². The molecule has 0 atom stereocenters. The number of amides is 1. The number of aromatic amines is 1. The van der Waals surface area contributed by atoms with Gasteiger partial charge in [0, 0.05) is 18.9 Å². The number of nitrogens with one attached hydrogen (secondary N) is 1. The summed E-state index contributed by atoms with van der Waals surface area (Å²) in [6.45, 7) is 2.07. The first-order chi connectivity index (χ1) is 10.1. The van der Waals surface area contributed by atoms with Crippen LogP contribution in [-0.2, 0) is 6.54 Å². The Labute approximate surface area is 120 Å². The van der Waals surface area contributed by atoms with E-state index in [4.69, 9.17) is 0 Å². The van der Waals surface area contributed by atoms with E-state index >= 15 is 0 Å². The third-order valence-corrected chi connectivity index (χ3v) is 3.30. The van der Waals surface area contributed by atoms with Crippen molar-refractivity contribution in [3.63, 3.8) is 0 Å². The average Bonchev–Trinajstić information content (AvgIpc) is 3.07. The minimum Gasteiger partial charge on any atom is -0.334 e. The highest BCUT2D eigenvalue weighted by Gasteiger charge is 2.23. The number of hydrogen-bond donors (Lipinski definition) is 1. The maximum absolute atomic E-state index is 14.4. The molecule has 0 fully saturated rings. The fraction of sp³-hybridized carbons (Fsp3) is 0.214. The normalized spacial score (nSPS) is 11.0. The number of aryl methyl sites for hydroxylation is 1. The van der Waals surface area contributed by atoms with Gasteiger partial charge >= 0.3 is 0 Å². The number of imidazole rings is 1. The molecule has 1 N–H and O–H groups in total. The number of carbonyl (C=O) groups is 1. The zero-order valence-corrected chi connectivity index (χ0v) is 11.7. The zero-order chi connectivity index (χ0) is 15.0. The molecule has 108 valence electrons. The van der Waals surface area contributed by atoms with Gasteiger partial charge in [0.15, 0.2) is 5.69 Å². The van der Waals surface area contributed by atoms with Crippen molar-refractivity contribution >= 4 is 11.6 Å². The maximum atomic E-state index is 14.4. The number of halogens is 1. The molecular formula is C14H14FN5O. The Balaban J connectivity index is 1.94. The van der Waals surface area contributed by atoms with Crippen LogP contribution in [0.3, 0.4) is 0 Å². The quantitative estimate of drug-likeness (QED) is 0.798. The summed E-state index contributed by atoms with van der Waals surface area (Å²) in [5.74, 6) is -1.10. The summed E-state index contributed by atoms with van der Waals surface area (Å²) < 4.78 is 15.7. The van der Waals surface area contributed by atoms with Gasteiger partial charge in [-0.1, -0.05) is 6.07 Å². The summed E-state index contributed by atoms with van der Waals surface area (Å²) in [6, 6.07) is 6.97. The molecule has 0 aliphatic carbocycles. The molecule has 0 aromatic carbocycles. The Morgan fingerprint density at radius 3 is 2.90 bits per heavy atom. The number of nitrogens with zero attached hydrogens (tertiary/aromatic N) is 4. The molecule has 0 unspecified atom stereocenters. The summed E-state index contributed by atoms with van der Waals surface area (Å²) in [5, 5.41) is 6.58. The summed E-state index contributed by atoms with van der Waals surface area (Å²) >= 11 is 0. The summed E-state index contributed by atoms with van der Waals surface area (Å²) in [6.07, 6.45) is 1.60. The third-order valence-electron chi connectivity index (χ3n) is 3.30. The van der Waals surface area contributed by atoms with Crippen LogP contribution in [0.1, 0.15) is 21.9 Å². The van der Waals surface area contributed by atoms with Gasteiger partial charge in [-0.2, -0.15) is 9.49 Å². The van der Waals surface area contributed by atoms with Crippen molar-refractivity contribution in [2.45, 2.75) is 13.5 Å². The first-order valence-corrected chi connectivity index (χ1v) is 6.45. The van der Waals surface area contributed by atoms with Gasteiger partial charge in [0.1, 0.15) is 5.65 Å². The van der Waals surface area contributed by atoms with Gasteiger partial charge in [0.05, 0.1) is 12.2 Å². The fourth-order valence-corrected chi connectivity index (χ4v) is 2.23. The third kappa shape index (κ3) is 2.26. The van der Waals surface area contributed by atoms with Crippen LogP contribution in [-0.4, -0.2) is 37.4 Å². The second-order valence-electron chi connectivity index (χ2n) is 4.86. The van der Waals surface area contributed by atoms with Crippen molar-refractivity contribution in [3.05, 3.63) is 53.5 Å². The van der Waals surface area contributed by atoms with Crippen LogP contribution in [0.4, 0.5) is 4.39 Å². The second kappa shape index (κ2) is 5.01. The lowest BCUT2D eigenvalue weighted by Gasteiger charge is -2.14. The van der Waals surface area contributed by atoms with E-state index in [1.165, 1.54) is 9.30 Å². The molecule has 6 nitrogen and oxygen atoms in total. The van der Waals surface area contributed by atoms with E-state index in [0.717, 1.165) is 5.69 Å². The Kier molecular flexibility index (Phi) is 3.17. The minimum absolute atomic E-state index is 0.175. The molecule has 0 saturated carbocycles. The predicted molar refractivity (Wildman–Crippen MR) is 74.3 cm³/mol. The van der Waals surface area contributed by atoms with Crippen LogP contribution in [0, 0.1) is 12.9 Å². The van der Waals surface area contributed by atoms with Gasteiger partial charge in [0.25, 0.3) is 5.91 Å². The molecule has 0 aliphatic rings. The van der Waals surface area contributed by atoms with E-state index < -0.39 is 11.9 Å². The Morgan fingerprint density at radius 1 is 1.43 bits per heavy atom. The molecule has 3 aromatic heterocycles. The van der Waals surface area contributed by atoms with Crippen molar-refractivity contribution in [1.29, 1.82) is 0 Å². The topological polar surface area (TPSA) is 66.3 Å². The van der Waals surface area contributed by atoms with Gasteiger partial charge in [-0.15, -0.1) is 0 Å². The molecule has 0 bridgehead atoms. The molecule has 0 saturated heterocycles. The van der Waals surface area contributed by atoms with Crippen molar-refractivity contribution < 1.29 is 9.18 Å². The fourth-order valence-electron chi connectivity index (χ4n) is 2.23. The summed E-state index contributed by atoms with van der Waals surface area (Å²) in [7, 11) is 1.60. The Hall–Kier alpha value is -2.70. The van der Waals surface area contributed by atoms with Crippen molar-refractivity contribution in [3.8, 4) is 0 Å². The standard InChI is InChI=1S/C14H14FN5O/c1-9-4-3-5-11-17-12(13(15)20(9)11)14(21)19(2)8-10-6-7-16-18-10/h3-7H,8H2,1-2H3,(H,16,18). The number of rotatable bonds is 3. The van der Waals surface area contributed by atoms with Crippen LogP contribution < -0.4 is 0 Å². The largest absolute Gasteiger partial charge is 0.334 e. The highest BCUT2D eigenvalue weighted by Crippen LogP contribution is 2.15. The number of H-pyrrole nitrogens is 1. The predicted octanol–water partition coefficient (Wildman–Crippen LogP) is 1.78. The molecule has 0 radical (unpaired) electrons. The van der Waals surface area contributed by atoms with Crippen molar-refractivity contribution in [2.75, 3.05) is 7.05 Å². The number of hydrogen-bond acceptors (Lipinski definition) is 3. The SMILES string of the molecule is Cc1cccc2nc(C(=O)N(C)Cc3ccn[nH]3)c(F)n12. The number of carbonyl (C=O) groups excluding carboxylic acids is 1. The van der Waals surface area contributed by atoms with Gasteiger partial charge in [-0.05, 0) is 25.1 Å². The number of pyridine rings is 1. The highest BCUT2D eigenvalue weighted by atomic mass is 19.1. The van der Waals surface area contributed by atoms with Crippen LogP contribution in [0.5, 0.6) is 0 Å². The maximum Gasteiger partial charge on any atom is 0.277 e. The second-order valence-corrected chi connectivity index (χ2v) is 4.86. The van der Waals surface area contributed by atoms with E-state index in [0.29, 0.717) is 17.9 Å². The van der Waals surface area contributed by atoms with Gasteiger partial charge in [0.2, 0.25) is 5.95 Å². The van der Waals surface area contributed by atoms with Crippen LogP contribution in [0.2, 0.25) is 0 Å². The lowest BCUT2D eigenvalue weighted by molar-refractivity contribution is 0.0773. The highest BCUT2D eigenvalue weighted by molar-refractivity contribution is 5.93. The lowest BCUT2D eigenvalue weighted by Crippen LogP contribution is -2.27. The first kappa shape index (κ1) is 13.3. The lowest BCUT2D eigenvalue weighted by atomic mass is 10.3.